The second-order valence-corrected chi connectivity index (χ2v) is 4.84. The molecule has 0 atom stereocenters. The van der Waals surface area contributed by atoms with Crippen molar-refractivity contribution in [3.05, 3.63) is 35.6 Å². The van der Waals surface area contributed by atoms with Gasteiger partial charge in [0.05, 0.1) is 0 Å². The molecule has 0 spiro atoms. The summed E-state index contributed by atoms with van der Waals surface area (Å²) in [5.74, 6) is 0.235. The Morgan fingerprint density at radius 1 is 1.35 bits per heavy atom. The molecule has 6 heteroatoms. The minimum Gasteiger partial charge on any atom is -0.370 e. The van der Waals surface area contributed by atoms with Crippen LogP contribution in [-0.2, 0) is 6.42 Å². The number of nitrogens with one attached hydrogen (secondary N) is 2. The SMILES string of the molecule is N=C(N)n1nc(-c2ccccc2F)c2c1NCCCC2. The Morgan fingerprint density at radius 3 is 2.90 bits per heavy atom. The highest BCUT2D eigenvalue weighted by atomic mass is 19.1. The third-order valence-corrected chi connectivity index (χ3v) is 3.49. The molecule has 20 heavy (non-hydrogen) atoms. The van der Waals surface area contributed by atoms with E-state index in [1.807, 2.05) is 0 Å². The quantitative estimate of drug-likeness (QED) is 0.550. The number of rotatable bonds is 1. The number of hydrogen-bond donors (Lipinski definition) is 3. The van der Waals surface area contributed by atoms with Gasteiger partial charge in [0, 0.05) is 17.7 Å². The summed E-state index contributed by atoms with van der Waals surface area (Å²) in [7, 11) is 0. The lowest BCUT2D eigenvalue weighted by molar-refractivity contribution is 0.630. The van der Waals surface area contributed by atoms with Gasteiger partial charge >= 0.3 is 0 Å². The number of benzene rings is 1. The van der Waals surface area contributed by atoms with Crippen LogP contribution in [0.25, 0.3) is 11.3 Å². The Hall–Kier alpha value is -2.37. The lowest BCUT2D eigenvalue weighted by Gasteiger charge is -2.06. The van der Waals surface area contributed by atoms with Crippen LogP contribution in [0.1, 0.15) is 18.4 Å². The van der Waals surface area contributed by atoms with Crippen LogP contribution in [0, 0.1) is 11.2 Å². The minimum absolute atomic E-state index is 0.168. The predicted molar refractivity (Wildman–Crippen MR) is 76.4 cm³/mol. The molecule has 5 nitrogen and oxygen atoms in total. The second kappa shape index (κ2) is 4.96. The van der Waals surface area contributed by atoms with Crippen LogP contribution < -0.4 is 11.1 Å². The maximum atomic E-state index is 14.0. The average molecular weight is 273 g/mol. The van der Waals surface area contributed by atoms with Gasteiger partial charge in [0.1, 0.15) is 17.3 Å². The van der Waals surface area contributed by atoms with Crippen molar-refractivity contribution in [2.45, 2.75) is 19.3 Å². The number of halogens is 1. The fraction of sp³-hybridized carbons (Fsp3) is 0.286. The van der Waals surface area contributed by atoms with Crippen molar-refractivity contribution >= 4 is 11.8 Å². The summed E-state index contributed by atoms with van der Waals surface area (Å²) in [4.78, 5) is 0. The Balaban J connectivity index is 2.21. The highest BCUT2D eigenvalue weighted by Crippen LogP contribution is 2.32. The molecule has 0 unspecified atom stereocenters. The largest absolute Gasteiger partial charge is 0.370 e. The number of anilines is 1. The average Bonchev–Trinajstić information content (AvgIpc) is 2.63. The van der Waals surface area contributed by atoms with E-state index >= 15 is 0 Å². The van der Waals surface area contributed by atoms with Gasteiger partial charge in [-0.3, -0.25) is 5.41 Å². The molecule has 2 aromatic rings. The predicted octanol–water partition coefficient (Wildman–Crippen LogP) is 2.18. The molecule has 1 aromatic carbocycles. The smallest absolute Gasteiger partial charge is 0.215 e. The highest BCUT2D eigenvalue weighted by Gasteiger charge is 2.23. The molecule has 4 N–H and O–H groups in total. The van der Waals surface area contributed by atoms with E-state index in [9.17, 15) is 4.39 Å². The summed E-state index contributed by atoms with van der Waals surface area (Å²) in [5, 5.41) is 15.2. The van der Waals surface area contributed by atoms with Crippen LogP contribution in [0.15, 0.2) is 24.3 Å². The van der Waals surface area contributed by atoms with E-state index in [1.165, 1.54) is 10.7 Å². The van der Waals surface area contributed by atoms with E-state index in [2.05, 4.69) is 10.4 Å². The Kier molecular flexibility index (Phi) is 3.14. The third kappa shape index (κ3) is 2.03. The van der Waals surface area contributed by atoms with E-state index in [0.717, 1.165) is 31.4 Å². The van der Waals surface area contributed by atoms with Crippen molar-refractivity contribution in [1.82, 2.24) is 9.78 Å². The van der Waals surface area contributed by atoms with E-state index in [1.54, 1.807) is 18.2 Å². The van der Waals surface area contributed by atoms with Crippen LogP contribution in [0.2, 0.25) is 0 Å². The fourth-order valence-corrected chi connectivity index (χ4v) is 2.55. The Morgan fingerprint density at radius 2 is 2.15 bits per heavy atom. The number of nitrogens with zero attached hydrogens (tertiary/aromatic N) is 2. The minimum atomic E-state index is -0.312. The zero-order valence-corrected chi connectivity index (χ0v) is 11.0. The zero-order valence-electron chi connectivity index (χ0n) is 11.0. The first kappa shape index (κ1) is 12.7. The molecule has 0 aliphatic carbocycles. The van der Waals surface area contributed by atoms with Crippen LogP contribution in [-0.4, -0.2) is 22.3 Å². The van der Waals surface area contributed by atoms with Crippen LogP contribution in [0.4, 0.5) is 10.2 Å². The van der Waals surface area contributed by atoms with Gasteiger partial charge in [0.2, 0.25) is 5.96 Å². The molecule has 1 aromatic heterocycles. The second-order valence-electron chi connectivity index (χ2n) is 4.84. The van der Waals surface area contributed by atoms with Gasteiger partial charge in [-0.15, -0.1) is 0 Å². The molecular weight excluding hydrogens is 257 g/mol. The molecule has 104 valence electrons. The summed E-state index contributed by atoms with van der Waals surface area (Å²) in [6.07, 6.45) is 2.84. The molecule has 0 saturated carbocycles. The van der Waals surface area contributed by atoms with E-state index in [0.29, 0.717) is 17.1 Å². The molecule has 1 aliphatic heterocycles. The number of nitrogens with two attached hydrogens (primary N) is 1. The molecular formula is C14H16FN5. The Bertz CT molecular complexity index is 662. The molecule has 0 fully saturated rings. The maximum Gasteiger partial charge on any atom is 0.215 e. The lowest BCUT2D eigenvalue weighted by atomic mass is 10.0. The van der Waals surface area contributed by atoms with Crippen molar-refractivity contribution in [2.75, 3.05) is 11.9 Å². The van der Waals surface area contributed by atoms with Crippen LogP contribution in [0.5, 0.6) is 0 Å². The van der Waals surface area contributed by atoms with Crippen molar-refractivity contribution in [3.8, 4) is 11.3 Å². The zero-order chi connectivity index (χ0) is 14.1. The van der Waals surface area contributed by atoms with Gasteiger partial charge in [0.15, 0.2) is 0 Å². The van der Waals surface area contributed by atoms with Crippen molar-refractivity contribution in [2.24, 2.45) is 5.73 Å². The normalized spacial score (nSPS) is 14.2. The summed E-state index contributed by atoms with van der Waals surface area (Å²) in [6.45, 7) is 0.808. The molecule has 0 bridgehead atoms. The molecule has 3 rings (SSSR count). The summed E-state index contributed by atoms with van der Waals surface area (Å²) < 4.78 is 15.4. The first-order valence-electron chi connectivity index (χ1n) is 6.63. The number of aromatic nitrogens is 2. The summed E-state index contributed by atoms with van der Waals surface area (Å²) in [5.41, 5.74) is 7.52. The topological polar surface area (TPSA) is 79.7 Å². The summed E-state index contributed by atoms with van der Waals surface area (Å²) >= 11 is 0. The van der Waals surface area contributed by atoms with Crippen LogP contribution >= 0.6 is 0 Å². The van der Waals surface area contributed by atoms with Crippen molar-refractivity contribution < 1.29 is 4.39 Å². The molecule has 1 aliphatic rings. The maximum absolute atomic E-state index is 14.0. The first-order chi connectivity index (χ1) is 9.68. The van der Waals surface area contributed by atoms with Crippen molar-refractivity contribution in [3.63, 3.8) is 0 Å². The summed E-state index contributed by atoms with van der Waals surface area (Å²) in [6, 6.07) is 6.55. The van der Waals surface area contributed by atoms with E-state index < -0.39 is 0 Å². The third-order valence-electron chi connectivity index (χ3n) is 3.49. The van der Waals surface area contributed by atoms with Gasteiger partial charge in [0.25, 0.3) is 0 Å². The van der Waals surface area contributed by atoms with Gasteiger partial charge in [-0.2, -0.15) is 9.78 Å². The van der Waals surface area contributed by atoms with Crippen molar-refractivity contribution in [1.29, 1.82) is 5.41 Å². The van der Waals surface area contributed by atoms with Gasteiger partial charge in [-0.05, 0) is 31.4 Å². The number of fused-ring (bicyclic) bond motifs is 1. The number of hydrogen-bond acceptors (Lipinski definition) is 3. The monoisotopic (exact) mass is 273 g/mol. The molecule has 0 saturated heterocycles. The molecule has 0 radical (unpaired) electrons. The standard InChI is InChI=1S/C14H16FN5/c15-11-7-2-1-5-9(11)12-10-6-3-4-8-18-13(10)20(19-12)14(16)17/h1-2,5,7,18H,3-4,6,8H2,(H3,16,17). The van der Waals surface area contributed by atoms with E-state index in [4.69, 9.17) is 11.1 Å². The van der Waals surface area contributed by atoms with Gasteiger partial charge in [-0.1, -0.05) is 12.1 Å². The van der Waals surface area contributed by atoms with Crippen LogP contribution in [0.3, 0.4) is 0 Å². The van der Waals surface area contributed by atoms with Gasteiger partial charge in [-0.25, -0.2) is 4.39 Å². The van der Waals surface area contributed by atoms with E-state index in [-0.39, 0.29) is 11.8 Å². The number of nitrogen functional groups attached to an aromatic ring is 1. The first-order valence-corrected chi connectivity index (χ1v) is 6.63. The Labute approximate surface area is 116 Å². The fourth-order valence-electron chi connectivity index (χ4n) is 2.55. The molecule has 0 amide bonds. The highest BCUT2D eigenvalue weighted by molar-refractivity contribution is 5.84. The lowest BCUT2D eigenvalue weighted by Crippen LogP contribution is -2.24. The molecule has 2 heterocycles. The van der Waals surface area contributed by atoms with Gasteiger partial charge < -0.3 is 11.1 Å².